The third kappa shape index (κ3) is 4.24. The van der Waals surface area contributed by atoms with Gasteiger partial charge in [0.1, 0.15) is 12.1 Å². The van der Waals surface area contributed by atoms with Crippen molar-refractivity contribution in [1.82, 2.24) is 19.7 Å². The van der Waals surface area contributed by atoms with Crippen molar-refractivity contribution in [2.24, 2.45) is 0 Å². The van der Waals surface area contributed by atoms with Gasteiger partial charge >= 0.3 is 0 Å². The third-order valence-corrected chi connectivity index (χ3v) is 4.28. The van der Waals surface area contributed by atoms with E-state index in [-0.39, 0.29) is 5.91 Å². The molecule has 0 spiro atoms. The molecule has 2 aromatic heterocycles. The maximum absolute atomic E-state index is 12.3. The van der Waals surface area contributed by atoms with Crippen molar-refractivity contribution in [2.75, 3.05) is 5.32 Å². The van der Waals surface area contributed by atoms with Gasteiger partial charge in [-0.3, -0.25) is 4.79 Å². The molecule has 1 amide bonds. The molecule has 0 atom stereocenters. The van der Waals surface area contributed by atoms with Crippen molar-refractivity contribution >= 4 is 27.5 Å². The van der Waals surface area contributed by atoms with Crippen LogP contribution in [0.2, 0.25) is 0 Å². The molecule has 28 heavy (non-hydrogen) atoms. The number of nitrogens with zero attached hydrogens (tertiary/aromatic N) is 4. The average Bonchev–Trinajstić information content (AvgIpc) is 3.25. The van der Waals surface area contributed by atoms with E-state index in [9.17, 15) is 4.79 Å². The summed E-state index contributed by atoms with van der Waals surface area (Å²) >= 11 is 3.36. The fourth-order valence-electron chi connectivity index (χ4n) is 2.48. The second-order valence-electron chi connectivity index (χ2n) is 5.76. The summed E-state index contributed by atoms with van der Waals surface area (Å²) in [5, 5.41) is 6.98. The molecule has 0 radical (unpaired) electrons. The summed E-state index contributed by atoms with van der Waals surface area (Å²) in [5.41, 5.74) is 1.24. The number of hydrogen-bond acceptors (Lipinski definition) is 5. The SMILES string of the molecule is O=C(Nc1ccc(Oc2cc(-n3cccn3)ncn2)cc1)c1cccc(Br)c1. The molecule has 0 aliphatic rings. The predicted molar refractivity (Wildman–Crippen MR) is 108 cm³/mol. The number of anilines is 1. The number of aromatic nitrogens is 4. The lowest BCUT2D eigenvalue weighted by atomic mass is 10.2. The lowest BCUT2D eigenvalue weighted by Gasteiger charge is -2.08. The summed E-state index contributed by atoms with van der Waals surface area (Å²) < 4.78 is 8.24. The maximum atomic E-state index is 12.3. The molecule has 0 aliphatic heterocycles. The Morgan fingerprint density at radius 3 is 2.64 bits per heavy atom. The number of rotatable bonds is 5. The van der Waals surface area contributed by atoms with Crippen molar-refractivity contribution in [1.29, 1.82) is 0 Å². The zero-order valence-electron chi connectivity index (χ0n) is 14.5. The first-order valence-electron chi connectivity index (χ1n) is 8.34. The number of carbonyl (C=O) groups excluding carboxylic acids is 1. The maximum Gasteiger partial charge on any atom is 0.255 e. The van der Waals surface area contributed by atoms with Gasteiger partial charge in [-0.1, -0.05) is 22.0 Å². The van der Waals surface area contributed by atoms with E-state index in [1.54, 1.807) is 59.5 Å². The van der Waals surface area contributed by atoms with Gasteiger partial charge in [-0.05, 0) is 48.5 Å². The largest absolute Gasteiger partial charge is 0.439 e. The highest BCUT2D eigenvalue weighted by Crippen LogP contribution is 2.23. The molecule has 0 saturated heterocycles. The molecule has 2 heterocycles. The predicted octanol–water partition coefficient (Wildman–Crippen LogP) is 4.47. The zero-order valence-corrected chi connectivity index (χ0v) is 16.1. The normalized spacial score (nSPS) is 10.5. The van der Waals surface area contributed by atoms with Crippen LogP contribution in [0.1, 0.15) is 10.4 Å². The number of carbonyl (C=O) groups is 1. The van der Waals surface area contributed by atoms with E-state index in [4.69, 9.17) is 4.74 Å². The molecule has 4 rings (SSSR count). The minimum absolute atomic E-state index is 0.186. The second-order valence-corrected chi connectivity index (χ2v) is 6.67. The topological polar surface area (TPSA) is 81.9 Å². The van der Waals surface area contributed by atoms with Gasteiger partial charge in [0.25, 0.3) is 5.91 Å². The molecule has 138 valence electrons. The lowest BCUT2D eigenvalue weighted by molar-refractivity contribution is 0.102. The van der Waals surface area contributed by atoms with E-state index >= 15 is 0 Å². The van der Waals surface area contributed by atoms with Crippen LogP contribution < -0.4 is 10.1 Å². The highest BCUT2D eigenvalue weighted by atomic mass is 79.9. The summed E-state index contributed by atoms with van der Waals surface area (Å²) in [7, 11) is 0. The van der Waals surface area contributed by atoms with Crippen LogP contribution in [0.15, 0.2) is 83.9 Å². The fourth-order valence-corrected chi connectivity index (χ4v) is 2.87. The van der Waals surface area contributed by atoms with E-state index in [2.05, 4.69) is 36.3 Å². The molecule has 1 N–H and O–H groups in total. The number of hydrogen-bond donors (Lipinski definition) is 1. The van der Waals surface area contributed by atoms with Crippen LogP contribution in [0.5, 0.6) is 11.6 Å². The molecular formula is C20H14BrN5O2. The zero-order chi connectivity index (χ0) is 19.3. The lowest BCUT2D eigenvalue weighted by Crippen LogP contribution is -2.11. The Labute approximate surface area is 169 Å². The Morgan fingerprint density at radius 2 is 1.89 bits per heavy atom. The van der Waals surface area contributed by atoms with Gasteiger partial charge in [-0.15, -0.1) is 0 Å². The molecular weight excluding hydrogens is 422 g/mol. The van der Waals surface area contributed by atoms with Crippen LogP contribution in [0.4, 0.5) is 5.69 Å². The molecule has 0 aliphatic carbocycles. The minimum atomic E-state index is -0.186. The second kappa shape index (κ2) is 8.01. The van der Waals surface area contributed by atoms with Gasteiger partial charge in [0.15, 0.2) is 5.82 Å². The molecule has 0 saturated carbocycles. The number of halogens is 1. The highest BCUT2D eigenvalue weighted by molar-refractivity contribution is 9.10. The Kier molecular flexibility index (Phi) is 5.11. The molecule has 7 nitrogen and oxygen atoms in total. The summed E-state index contributed by atoms with van der Waals surface area (Å²) in [6.45, 7) is 0. The molecule has 2 aromatic carbocycles. The minimum Gasteiger partial charge on any atom is -0.439 e. The fraction of sp³-hybridized carbons (Fsp3) is 0. The van der Waals surface area contributed by atoms with E-state index in [0.717, 1.165) is 4.47 Å². The van der Waals surface area contributed by atoms with Crippen molar-refractivity contribution in [3.63, 3.8) is 0 Å². The van der Waals surface area contributed by atoms with Crippen molar-refractivity contribution in [2.45, 2.75) is 0 Å². The van der Waals surface area contributed by atoms with E-state index in [1.807, 2.05) is 18.2 Å². The first kappa shape index (κ1) is 17.9. The molecule has 8 heteroatoms. The Hall–Kier alpha value is -3.52. The van der Waals surface area contributed by atoms with Crippen LogP contribution >= 0.6 is 15.9 Å². The average molecular weight is 436 g/mol. The molecule has 0 unspecified atom stereocenters. The van der Waals surface area contributed by atoms with Crippen LogP contribution in [0.25, 0.3) is 5.82 Å². The number of ether oxygens (including phenoxy) is 1. The van der Waals surface area contributed by atoms with Crippen LogP contribution in [-0.4, -0.2) is 25.7 Å². The van der Waals surface area contributed by atoms with Crippen molar-refractivity contribution in [3.8, 4) is 17.4 Å². The van der Waals surface area contributed by atoms with E-state index < -0.39 is 0 Å². The van der Waals surface area contributed by atoms with Gasteiger partial charge in [-0.25, -0.2) is 14.6 Å². The first-order chi connectivity index (χ1) is 13.7. The number of nitrogens with one attached hydrogen (secondary N) is 1. The quantitative estimate of drug-likeness (QED) is 0.499. The Bertz CT molecular complexity index is 1100. The van der Waals surface area contributed by atoms with Crippen molar-refractivity contribution in [3.05, 3.63) is 89.4 Å². The monoisotopic (exact) mass is 435 g/mol. The summed E-state index contributed by atoms with van der Waals surface area (Å²) in [5.74, 6) is 1.40. The summed E-state index contributed by atoms with van der Waals surface area (Å²) in [4.78, 5) is 20.6. The highest BCUT2D eigenvalue weighted by Gasteiger charge is 2.07. The van der Waals surface area contributed by atoms with E-state index in [1.165, 1.54) is 6.33 Å². The molecule has 0 bridgehead atoms. The van der Waals surface area contributed by atoms with Gasteiger partial charge in [0.05, 0.1) is 0 Å². The number of benzene rings is 2. The van der Waals surface area contributed by atoms with Crippen LogP contribution in [0, 0.1) is 0 Å². The van der Waals surface area contributed by atoms with Gasteiger partial charge in [0, 0.05) is 34.2 Å². The first-order valence-corrected chi connectivity index (χ1v) is 9.13. The van der Waals surface area contributed by atoms with Crippen molar-refractivity contribution < 1.29 is 9.53 Å². The van der Waals surface area contributed by atoms with Gasteiger partial charge in [0.2, 0.25) is 5.88 Å². The summed E-state index contributed by atoms with van der Waals surface area (Å²) in [6, 6.07) is 17.7. The van der Waals surface area contributed by atoms with Gasteiger partial charge < -0.3 is 10.1 Å². The van der Waals surface area contributed by atoms with Gasteiger partial charge in [-0.2, -0.15) is 5.10 Å². The van der Waals surface area contributed by atoms with Crippen LogP contribution in [0.3, 0.4) is 0 Å². The standard InChI is InChI=1S/C20H14BrN5O2/c21-15-4-1-3-14(11-15)20(27)25-16-5-7-17(8-6-16)28-19-12-18(22-13-23-19)26-10-2-9-24-26/h1-13H,(H,25,27). The van der Waals surface area contributed by atoms with E-state index in [0.29, 0.717) is 28.7 Å². The molecule has 4 aromatic rings. The third-order valence-electron chi connectivity index (χ3n) is 3.79. The smallest absolute Gasteiger partial charge is 0.255 e. The molecule has 0 fully saturated rings. The number of amides is 1. The Morgan fingerprint density at radius 1 is 1.04 bits per heavy atom. The van der Waals surface area contributed by atoms with Crippen LogP contribution in [-0.2, 0) is 0 Å². The Balaban J connectivity index is 1.44. The summed E-state index contributed by atoms with van der Waals surface area (Å²) in [6.07, 6.45) is 4.87.